The first kappa shape index (κ1) is 20.6. The third-order valence-corrected chi connectivity index (χ3v) is 5.28. The molecule has 0 aliphatic heterocycles. The first-order chi connectivity index (χ1) is 15.0. The maximum atomic E-state index is 12.8. The Bertz CT molecular complexity index is 1320. The molecular weight excluding hydrogens is 394 g/mol. The van der Waals surface area contributed by atoms with Gasteiger partial charge in [0.25, 0.3) is 5.56 Å². The topological polar surface area (TPSA) is 96.2 Å². The zero-order chi connectivity index (χ0) is 22.0. The van der Waals surface area contributed by atoms with Gasteiger partial charge in [0.05, 0.1) is 13.2 Å². The number of anilines is 1. The second-order valence-corrected chi connectivity index (χ2v) is 7.61. The van der Waals surface area contributed by atoms with Crippen molar-refractivity contribution >= 4 is 17.1 Å². The molecule has 2 heterocycles. The van der Waals surface area contributed by atoms with Crippen LogP contribution in [-0.4, -0.2) is 37.4 Å². The number of nitrogens with one attached hydrogen (secondary N) is 1. The van der Waals surface area contributed by atoms with E-state index in [0.29, 0.717) is 36.7 Å². The number of hydrogen-bond donors (Lipinski definition) is 2. The number of aliphatic hydroxyl groups excluding tert-OH is 1. The van der Waals surface area contributed by atoms with Crippen LogP contribution in [0.25, 0.3) is 11.2 Å². The van der Waals surface area contributed by atoms with Crippen molar-refractivity contribution in [2.45, 2.75) is 20.0 Å². The summed E-state index contributed by atoms with van der Waals surface area (Å²) in [5.74, 6) is 0.529. The van der Waals surface area contributed by atoms with E-state index in [4.69, 9.17) is 0 Å². The number of aliphatic hydroxyl groups is 1. The van der Waals surface area contributed by atoms with Crippen LogP contribution >= 0.6 is 0 Å². The fourth-order valence-corrected chi connectivity index (χ4v) is 3.78. The van der Waals surface area contributed by atoms with E-state index in [0.717, 1.165) is 16.7 Å². The van der Waals surface area contributed by atoms with Gasteiger partial charge in [-0.25, -0.2) is 4.79 Å². The minimum absolute atomic E-state index is 0.0736. The highest BCUT2D eigenvalue weighted by molar-refractivity contribution is 5.74. The Morgan fingerprint density at radius 2 is 1.81 bits per heavy atom. The van der Waals surface area contributed by atoms with Gasteiger partial charge in [0.15, 0.2) is 11.2 Å². The molecule has 4 aromatic rings. The highest BCUT2D eigenvalue weighted by atomic mass is 16.3. The van der Waals surface area contributed by atoms with Gasteiger partial charge < -0.3 is 10.0 Å². The van der Waals surface area contributed by atoms with E-state index in [1.54, 1.807) is 7.05 Å². The lowest BCUT2D eigenvalue weighted by atomic mass is 10.1. The van der Waals surface area contributed by atoms with Crippen LogP contribution in [0, 0.1) is 6.92 Å². The van der Waals surface area contributed by atoms with Gasteiger partial charge in [-0.3, -0.25) is 18.9 Å². The van der Waals surface area contributed by atoms with E-state index in [-0.39, 0.29) is 6.61 Å². The third kappa shape index (κ3) is 4.15. The number of benzene rings is 2. The molecule has 0 atom stereocenters. The number of hydrogen-bond acceptors (Lipinski definition) is 5. The summed E-state index contributed by atoms with van der Waals surface area (Å²) in [5.41, 5.74) is 2.82. The van der Waals surface area contributed by atoms with Crippen LogP contribution in [-0.2, 0) is 20.1 Å². The van der Waals surface area contributed by atoms with E-state index in [2.05, 4.69) is 16.0 Å². The molecule has 0 amide bonds. The maximum absolute atomic E-state index is 12.8. The van der Waals surface area contributed by atoms with Crippen molar-refractivity contribution in [2.24, 2.45) is 7.05 Å². The number of fused-ring (bicyclic) bond motifs is 1. The molecule has 8 heteroatoms. The van der Waals surface area contributed by atoms with Crippen LogP contribution in [0.5, 0.6) is 0 Å². The van der Waals surface area contributed by atoms with Crippen molar-refractivity contribution in [1.82, 2.24) is 19.1 Å². The zero-order valence-corrected chi connectivity index (χ0v) is 17.6. The van der Waals surface area contributed by atoms with Gasteiger partial charge in [-0.1, -0.05) is 60.2 Å². The molecule has 8 nitrogen and oxygen atoms in total. The molecule has 0 spiro atoms. The molecule has 0 saturated carbocycles. The van der Waals surface area contributed by atoms with Crippen molar-refractivity contribution in [3.05, 3.63) is 92.1 Å². The average molecular weight is 419 g/mol. The number of aromatic amines is 1. The molecule has 2 aromatic carbocycles. The van der Waals surface area contributed by atoms with Crippen molar-refractivity contribution in [2.75, 3.05) is 18.1 Å². The van der Waals surface area contributed by atoms with Crippen LogP contribution in [0.2, 0.25) is 0 Å². The molecule has 0 unspecified atom stereocenters. The minimum Gasteiger partial charge on any atom is -0.395 e. The summed E-state index contributed by atoms with van der Waals surface area (Å²) in [5, 5.41) is 9.72. The van der Waals surface area contributed by atoms with Crippen LogP contribution < -0.4 is 16.1 Å². The summed E-state index contributed by atoms with van der Waals surface area (Å²) in [7, 11) is 1.59. The third-order valence-electron chi connectivity index (χ3n) is 5.28. The Morgan fingerprint density at radius 1 is 1.06 bits per heavy atom. The Labute approximate surface area is 179 Å². The first-order valence-corrected chi connectivity index (χ1v) is 10.1. The van der Waals surface area contributed by atoms with Crippen LogP contribution in [0.4, 0.5) is 5.95 Å². The molecule has 2 aromatic heterocycles. The Balaban J connectivity index is 1.91. The highest BCUT2D eigenvalue weighted by Gasteiger charge is 2.22. The number of aryl methyl sites for hydroxylation is 2. The van der Waals surface area contributed by atoms with E-state index in [1.165, 1.54) is 4.57 Å². The predicted molar refractivity (Wildman–Crippen MR) is 120 cm³/mol. The van der Waals surface area contributed by atoms with Gasteiger partial charge in [0.1, 0.15) is 0 Å². The van der Waals surface area contributed by atoms with Gasteiger partial charge >= 0.3 is 5.69 Å². The van der Waals surface area contributed by atoms with E-state index < -0.39 is 11.2 Å². The standard InChI is InChI=1S/C23H25N5O3/c1-16-7-6-10-18(13-16)15-28-19-20(26(2)23(31)25-21(19)30)24-22(28)27(11-12-29)14-17-8-4-3-5-9-17/h3-10,13,29H,11-12,14-15H2,1-2H3,(H,25,30,31). The summed E-state index contributed by atoms with van der Waals surface area (Å²) in [6.07, 6.45) is 0. The van der Waals surface area contributed by atoms with Gasteiger partial charge in [0, 0.05) is 20.1 Å². The van der Waals surface area contributed by atoms with Gasteiger partial charge in [-0.2, -0.15) is 4.98 Å². The number of imidazole rings is 1. The number of H-pyrrole nitrogens is 1. The molecule has 0 saturated heterocycles. The molecule has 4 rings (SSSR count). The van der Waals surface area contributed by atoms with E-state index >= 15 is 0 Å². The molecule has 0 aliphatic rings. The average Bonchev–Trinajstić information content (AvgIpc) is 3.12. The highest BCUT2D eigenvalue weighted by Crippen LogP contribution is 2.23. The fraction of sp³-hybridized carbons (Fsp3) is 0.261. The normalized spacial score (nSPS) is 11.2. The quantitative estimate of drug-likeness (QED) is 0.476. The second kappa shape index (κ2) is 8.61. The summed E-state index contributed by atoms with van der Waals surface area (Å²) >= 11 is 0. The molecule has 0 radical (unpaired) electrons. The second-order valence-electron chi connectivity index (χ2n) is 7.61. The Morgan fingerprint density at radius 3 is 2.52 bits per heavy atom. The largest absolute Gasteiger partial charge is 0.395 e. The van der Waals surface area contributed by atoms with Crippen molar-refractivity contribution in [3.63, 3.8) is 0 Å². The monoisotopic (exact) mass is 419 g/mol. The maximum Gasteiger partial charge on any atom is 0.329 e. The minimum atomic E-state index is -0.513. The molecule has 31 heavy (non-hydrogen) atoms. The molecule has 2 N–H and O–H groups in total. The molecular formula is C23H25N5O3. The number of aromatic nitrogens is 4. The first-order valence-electron chi connectivity index (χ1n) is 10.1. The van der Waals surface area contributed by atoms with Gasteiger partial charge in [-0.05, 0) is 18.1 Å². The zero-order valence-electron chi connectivity index (χ0n) is 17.6. The van der Waals surface area contributed by atoms with Crippen LogP contribution in [0.15, 0.2) is 64.2 Å². The molecule has 160 valence electrons. The SMILES string of the molecule is Cc1cccc(Cn2c(N(CCO)Cc3ccccc3)nc3c2c(=O)[nH]c(=O)n3C)c1. The molecule has 0 fully saturated rings. The molecule has 0 bridgehead atoms. The fourth-order valence-electron chi connectivity index (χ4n) is 3.78. The number of nitrogens with zero attached hydrogens (tertiary/aromatic N) is 4. The van der Waals surface area contributed by atoms with Crippen molar-refractivity contribution in [3.8, 4) is 0 Å². The van der Waals surface area contributed by atoms with E-state index in [1.807, 2.05) is 64.9 Å². The van der Waals surface area contributed by atoms with Gasteiger partial charge in [0.2, 0.25) is 5.95 Å². The summed E-state index contributed by atoms with van der Waals surface area (Å²) in [6.45, 7) is 3.18. The predicted octanol–water partition coefficient (Wildman–Crippen LogP) is 1.78. The smallest absolute Gasteiger partial charge is 0.329 e. The summed E-state index contributed by atoms with van der Waals surface area (Å²) in [4.78, 5) is 33.9. The van der Waals surface area contributed by atoms with Crippen LogP contribution in [0.1, 0.15) is 16.7 Å². The van der Waals surface area contributed by atoms with Gasteiger partial charge in [-0.15, -0.1) is 0 Å². The van der Waals surface area contributed by atoms with Crippen molar-refractivity contribution in [1.29, 1.82) is 0 Å². The van der Waals surface area contributed by atoms with Crippen LogP contribution in [0.3, 0.4) is 0 Å². The number of rotatable bonds is 7. The Kier molecular flexibility index (Phi) is 5.73. The lowest BCUT2D eigenvalue weighted by molar-refractivity contribution is 0.300. The summed E-state index contributed by atoms with van der Waals surface area (Å²) < 4.78 is 3.16. The van der Waals surface area contributed by atoms with Crippen molar-refractivity contribution < 1.29 is 5.11 Å². The summed E-state index contributed by atoms with van der Waals surface area (Å²) in [6, 6.07) is 17.9. The lowest BCUT2D eigenvalue weighted by Crippen LogP contribution is -2.30. The Hall–Kier alpha value is -3.65. The molecule has 0 aliphatic carbocycles. The van der Waals surface area contributed by atoms with E-state index in [9.17, 15) is 14.7 Å². The lowest BCUT2D eigenvalue weighted by Gasteiger charge is -2.24.